The molecule has 82 valence electrons. The van der Waals surface area contributed by atoms with E-state index in [0.29, 0.717) is 6.54 Å². The number of rotatable bonds is 4. The Balaban J connectivity index is 2.41. The van der Waals surface area contributed by atoms with Crippen molar-refractivity contribution in [3.05, 3.63) is 0 Å². The molecule has 3 atom stereocenters. The Morgan fingerprint density at radius 1 is 1.57 bits per heavy atom. The third kappa shape index (κ3) is 2.69. The molecule has 14 heavy (non-hydrogen) atoms. The molecular formula is C10H19NO3. The van der Waals surface area contributed by atoms with Crippen molar-refractivity contribution in [2.75, 3.05) is 13.6 Å². The SMILES string of the molecule is CC(CN(C)C1CCCC1O)C(=O)O. The lowest BCUT2D eigenvalue weighted by Crippen LogP contribution is -2.41. The van der Waals surface area contributed by atoms with E-state index in [1.165, 1.54) is 0 Å². The predicted molar refractivity (Wildman–Crippen MR) is 53.1 cm³/mol. The van der Waals surface area contributed by atoms with Crippen LogP contribution in [-0.2, 0) is 4.79 Å². The Morgan fingerprint density at radius 2 is 2.21 bits per heavy atom. The first-order valence-electron chi connectivity index (χ1n) is 5.13. The maximum atomic E-state index is 10.6. The summed E-state index contributed by atoms with van der Waals surface area (Å²) >= 11 is 0. The molecule has 0 amide bonds. The van der Waals surface area contributed by atoms with E-state index >= 15 is 0 Å². The van der Waals surface area contributed by atoms with E-state index in [-0.39, 0.29) is 18.1 Å². The minimum Gasteiger partial charge on any atom is -0.481 e. The highest BCUT2D eigenvalue weighted by Crippen LogP contribution is 2.23. The van der Waals surface area contributed by atoms with Gasteiger partial charge in [0.15, 0.2) is 0 Å². The van der Waals surface area contributed by atoms with Crippen LogP contribution in [0.15, 0.2) is 0 Å². The Bertz CT molecular complexity index is 208. The highest BCUT2D eigenvalue weighted by molar-refractivity contribution is 5.69. The third-order valence-electron chi connectivity index (χ3n) is 2.99. The second-order valence-electron chi connectivity index (χ2n) is 4.24. The van der Waals surface area contributed by atoms with Gasteiger partial charge >= 0.3 is 5.97 Å². The number of carboxylic acids is 1. The smallest absolute Gasteiger partial charge is 0.307 e. The summed E-state index contributed by atoms with van der Waals surface area (Å²) in [6.45, 7) is 2.21. The zero-order valence-corrected chi connectivity index (χ0v) is 8.81. The number of aliphatic hydroxyl groups excluding tert-OH is 1. The summed E-state index contributed by atoms with van der Waals surface area (Å²) in [5.41, 5.74) is 0. The number of likely N-dealkylation sites (N-methyl/N-ethyl adjacent to an activating group) is 1. The fourth-order valence-corrected chi connectivity index (χ4v) is 2.08. The summed E-state index contributed by atoms with van der Waals surface area (Å²) in [5.74, 6) is -1.14. The molecular weight excluding hydrogens is 182 g/mol. The first-order chi connectivity index (χ1) is 6.52. The van der Waals surface area contributed by atoms with Crippen molar-refractivity contribution in [2.24, 2.45) is 5.92 Å². The van der Waals surface area contributed by atoms with Gasteiger partial charge in [-0.2, -0.15) is 0 Å². The summed E-state index contributed by atoms with van der Waals surface area (Å²) in [5, 5.41) is 18.4. The molecule has 0 saturated heterocycles. The molecule has 2 N–H and O–H groups in total. The minimum atomic E-state index is -0.774. The van der Waals surface area contributed by atoms with Crippen molar-refractivity contribution in [3.63, 3.8) is 0 Å². The molecule has 0 aromatic heterocycles. The lowest BCUT2D eigenvalue weighted by atomic mass is 10.1. The number of aliphatic carboxylic acids is 1. The molecule has 1 aliphatic carbocycles. The monoisotopic (exact) mass is 201 g/mol. The summed E-state index contributed by atoms with van der Waals surface area (Å²) in [7, 11) is 1.89. The third-order valence-corrected chi connectivity index (χ3v) is 2.99. The predicted octanol–water partition coefficient (Wildman–Crippen LogP) is 0.552. The van der Waals surface area contributed by atoms with Gasteiger partial charge in [-0.25, -0.2) is 0 Å². The largest absolute Gasteiger partial charge is 0.481 e. The van der Waals surface area contributed by atoms with Gasteiger partial charge in [-0.1, -0.05) is 6.92 Å². The van der Waals surface area contributed by atoms with Crippen molar-refractivity contribution >= 4 is 5.97 Å². The number of hydrogen-bond acceptors (Lipinski definition) is 3. The van der Waals surface area contributed by atoms with E-state index in [1.807, 2.05) is 11.9 Å². The molecule has 4 nitrogen and oxygen atoms in total. The summed E-state index contributed by atoms with van der Waals surface area (Å²) in [6, 6.07) is 0.150. The summed E-state index contributed by atoms with van der Waals surface area (Å²) < 4.78 is 0. The summed E-state index contributed by atoms with van der Waals surface area (Å²) in [6.07, 6.45) is 2.58. The molecule has 1 saturated carbocycles. The van der Waals surface area contributed by atoms with Crippen LogP contribution in [0.4, 0.5) is 0 Å². The topological polar surface area (TPSA) is 60.8 Å². The average molecular weight is 201 g/mol. The van der Waals surface area contributed by atoms with E-state index in [4.69, 9.17) is 5.11 Å². The second kappa shape index (κ2) is 4.75. The van der Waals surface area contributed by atoms with Gasteiger partial charge in [0.1, 0.15) is 0 Å². The number of carboxylic acid groups (broad SMARTS) is 1. The molecule has 0 spiro atoms. The molecule has 1 rings (SSSR count). The van der Waals surface area contributed by atoms with Crippen LogP contribution in [0.5, 0.6) is 0 Å². The first-order valence-corrected chi connectivity index (χ1v) is 5.13. The van der Waals surface area contributed by atoms with Crippen molar-refractivity contribution in [1.29, 1.82) is 0 Å². The number of hydrogen-bond donors (Lipinski definition) is 2. The maximum absolute atomic E-state index is 10.6. The number of carbonyl (C=O) groups is 1. The Kier molecular flexibility index (Phi) is 3.89. The minimum absolute atomic E-state index is 0.150. The van der Waals surface area contributed by atoms with E-state index in [0.717, 1.165) is 19.3 Å². The Hall–Kier alpha value is -0.610. The van der Waals surface area contributed by atoms with Gasteiger partial charge in [0.05, 0.1) is 12.0 Å². The van der Waals surface area contributed by atoms with E-state index < -0.39 is 5.97 Å². The van der Waals surface area contributed by atoms with Gasteiger partial charge < -0.3 is 10.2 Å². The molecule has 0 aromatic rings. The van der Waals surface area contributed by atoms with Crippen molar-refractivity contribution in [3.8, 4) is 0 Å². The van der Waals surface area contributed by atoms with Crippen LogP contribution in [0.25, 0.3) is 0 Å². The lowest BCUT2D eigenvalue weighted by molar-refractivity contribution is -0.142. The van der Waals surface area contributed by atoms with E-state index in [2.05, 4.69) is 0 Å². The molecule has 0 aliphatic heterocycles. The van der Waals surface area contributed by atoms with Crippen LogP contribution in [0.1, 0.15) is 26.2 Å². The van der Waals surface area contributed by atoms with Gasteiger partial charge in [0.2, 0.25) is 0 Å². The van der Waals surface area contributed by atoms with Gasteiger partial charge in [0, 0.05) is 12.6 Å². The number of aliphatic hydroxyl groups is 1. The fourth-order valence-electron chi connectivity index (χ4n) is 2.08. The molecule has 0 aromatic carbocycles. The van der Waals surface area contributed by atoms with Gasteiger partial charge in [-0.15, -0.1) is 0 Å². The molecule has 4 heteroatoms. The Labute approximate surface area is 84.5 Å². The van der Waals surface area contributed by atoms with Crippen LogP contribution in [0, 0.1) is 5.92 Å². The van der Waals surface area contributed by atoms with Crippen LogP contribution in [-0.4, -0.2) is 46.8 Å². The van der Waals surface area contributed by atoms with Crippen molar-refractivity contribution in [1.82, 2.24) is 4.90 Å². The summed E-state index contributed by atoms with van der Waals surface area (Å²) in [4.78, 5) is 12.6. The standard InChI is InChI=1S/C10H19NO3/c1-7(10(13)14)6-11(2)8-4-3-5-9(8)12/h7-9,12H,3-6H2,1-2H3,(H,13,14). The van der Waals surface area contributed by atoms with Crippen molar-refractivity contribution in [2.45, 2.75) is 38.3 Å². The molecule has 1 aliphatic rings. The molecule has 3 unspecified atom stereocenters. The Morgan fingerprint density at radius 3 is 2.64 bits per heavy atom. The molecule has 0 bridgehead atoms. The van der Waals surface area contributed by atoms with Gasteiger partial charge in [-0.3, -0.25) is 9.69 Å². The normalized spacial score (nSPS) is 29.4. The zero-order valence-electron chi connectivity index (χ0n) is 8.81. The first kappa shape index (κ1) is 11.5. The fraction of sp³-hybridized carbons (Fsp3) is 0.900. The number of nitrogens with zero attached hydrogens (tertiary/aromatic N) is 1. The van der Waals surface area contributed by atoms with Gasteiger partial charge in [0.25, 0.3) is 0 Å². The zero-order chi connectivity index (χ0) is 10.7. The van der Waals surface area contributed by atoms with Crippen LogP contribution < -0.4 is 0 Å². The van der Waals surface area contributed by atoms with Crippen molar-refractivity contribution < 1.29 is 15.0 Å². The van der Waals surface area contributed by atoms with Gasteiger partial charge in [-0.05, 0) is 26.3 Å². The van der Waals surface area contributed by atoms with Crippen LogP contribution in [0.3, 0.4) is 0 Å². The highest BCUT2D eigenvalue weighted by Gasteiger charge is 2.29. The lowest BCUT2D eigenvalue weighted by Gasteiger charge is -2.28. The molecule has 0 heterocycles. The maximum Gasteiger partial charge on any atom is 0.307 e. The average Bonchev–Trinajstić information content (AvgIpc) is 2.51. The molecule has 1 fully saturated rings. The second-order valence-corrected chi connectivity index (χ2v) is 4.24. The highest BCUT2D eigenvalue weighted by atomic mass is 16.4. The molecule has 0 radical (unpaired) electrons. The van der Waals surface area contributed by atoms with Crippen LogP contribution in [0.2, 0.25) is 0 Å². The quantitative estimate of drug-likeness (QED) is 0.697. The van der Waals surface area contributed by atoms with E-state index in [9.17, 15) is 9.90 Å². The van der Waals surface area contributed by atoms with Crippen LogP contribution >= 0.6 is 0 Å². The van der Waals surface area contributed by atoms with E-state index in [1.54, 1.807) is 6.92 Å².